The predicted molar refractivity (Wildman–Crippen MR) is 66.3 cm³/mol. The fourth-order valence-electron chi connectivity index (χ4n) is 2.08. The number of nitrogens with one attached hydrogen (secondary N) is 2. The molecule has 2 N–H and O–H groups in total. The molecule has 1 aromatic carbocycles. The minimum atomic E-state index is -0.663. The number of carbonyl (C=O) groups excluding carboxylic acids is 2. The SMILES string of the molecule is CCOc1ccc([C@@]2(C)CC(=O)NC(=O)N2)cc1. The monoisotopic (exact) mass is 248 g/mol. The van der Waals surface area contributed by atoms with Gasteiger partial charge < -0.3 is 10.1 Å². The van der Waals surface area contributed by atoms with Crippen molar-refractivity contribution in [3.63, 3.8) is 0 Å². The second-order valence-corrected chi connectivity index (χ2v) is 4.47. The van der Waals surface area contributed by atoms with E-state index >= 15 is 0 Å². The first-order valence-corrected chi connectivity index (χ1v) is 5.89. The molecule has 2 rings (SSSR count). The van der Waals surface area contributed by atoms with Crippen molar-refractivity contribution < 1.29 is 14.3 Å². The van der Waals surface area contributed by atoms with E-state index in [9.17, 15) is 9.59 Å². The molecule has 0 aliphatic carbocycles. The molecule has 0 radical (unpaired) electrons. The Morgan fingerprint density at radius 2 is 1.94 bits per heavy atom. The van der Waals surface area contributed by atoms with Gasteiger partial charge in [0.25, 0.3) is 0 Å². The number of hydrogen-bond donors (Lipinski definition) is 2. The Morgan fingerprint density at radius 1 is 1.28 bits per heavy atom. The maximum absolute atomic E-state index is 11.4. The third-order valence-electron chi connectivity index (χ3n) is 2.96. The van der Waals surface area contributed by atoms with E-state index in [1.165, 1.54) is 0 Å². The van der Waals surface area contributed by atoms with Gasteiger partial charge in [0, 0.05) is 0 Å². The van der Waals surface area contributed by atoms with Gasteiger partial charge >= 0.3 is 6.03 Å². The average Bonchev–Trinajstić information content (AvgIpc) is 2.28. The van der Waals surface area contributed by atoms with Crippen molar-refractivity contribution in [3.05, 3.63) is 29.8 Å². The third kappa shape index (κ3) is 2.45. The fourth-order valence-corrected chi connectivity index (χ4v) is 2.08. The van der Waals surface area contributed by atoms with E-state index in [1.807, 2.05) is 38.1 Å². The molecule has 1 aliphatic heterocycles. The zero-order chi connectivity index (χ0) is 13.2. The predicted octanol–water partition coefficient (Wildman–Crippen LogP) is 1.53. The van der Waals surface area contributed by atoms with Gasteiger partial charge in [0.1, 0.15) is 5.75 Å². The zero-order valence-corrected chi connectivity index (χ0v) is 10.4. The van der Waals surface area contributed by atoms with Crippen molar-refractivity contribution in [3.8, 4) is 5.75 Å². The van der Waals surface area contributed by atoms with E-state index in [0.29, 0.717) is 6.61 Å². The average molecular weight is 248 g/mol. The van der Waals surface area contributed by atoms with Gasteiger partial charge in [-0.15, -0.1) is 0 Å². The number of carbonyl (C=O) groups is 2. The van der Waals surface area contributed by atoms with Crippen molar-refractivity contribution in [2.24, 2.45) is 0 Å². The van der Waals surface area contributed by atoms with E-state index in [1.54, 1.807) is 0 Å². The van der Waals surface area contributed by atoms with Crippen LogP contribution in [-0.2, 0) is 10.3 Å². The van der Waals surface area contributed by atoms with Gasteiger partial charge in [-0.05, 0) is 31.5 Å². The molecule has 1 saturated heterocycles. The molecular weight excluding hydrogens is 232 g/mol. The van der Waals surface area contributed by atoms with Crippen LogP contribution < -0.4 is 15.4 Å². The standard InChI is InChI=1S/C13H16N2O3/c1-3-18-10-6-4-9(5-7-10)13(2)8-11(16)14-12(17)15-13/h4-7H,3,8H2,1-2H3,(H2,14,15,16,17)/t13-/m1/s1. The molecule has 0 bridgehead atoms. The van der Waals surface area contributed by atoms with Gasteiger partial charge in [0.05, 0.1) is 18.6 Å². The Kier molecular flexibility index (Phi) is 3.23. The first kappa shape index (κ1) is 12.4. The lowest BCUT2D eigenvalue weighted by molar-refractivity contribution is -0.122. The van der Waals surface area contributed by atoms with Gasteiger partial charge in [0.15, 0.2) is 0 Å². The Hall–Kier alpha value is -2.04. The summed E-state index contributed by atoms with van der Waals surface area (Å²) < 4.78 is 5.36. The molecule has 3 amide bonds. The molecule has 96 valence electrons. The Bertz CT molecular complexity index is 452. The number of hydrogen-bond acceptors (Lipinski definition) is 3. The third-order valence-corrected chi connectivity index (χ3v) is 2.96. The van der Waals surface area contributed by atoms with Crippen LogP contribution in [0.1, 0.15) is 25.8 Å². The van der Waals surface area contributed by atoms with Crippen LogP contribution in [0.3, 0.4) is 0 Å². The van der Waals surface area contributed by atoms with Crippen molar-refractivity contribution in [2.75, 3.05) is 6.61 Å². The molecule has 1 atom stereocenters. The summed E-state index contributed by atoms with van der Waals surface area (Å²) in [5, 5.41) is 5.00. The molecule has 0 spiro atoms. The summed E-state index contributed by atoms with van der Waals surface area (Å²) in [5.41, 5.74) is 0.221. The van der Waals surface area contributed by atoms with Crippen LogP contribution >= 0.6 is 0 Å². The lowest BCUT2D eigenvalue weighted by Gasteiger charge is -2.34. The highest BCUT2D eigenvalue weighted by Gasteiger charge is 2.36. The Morgan fingerprint density at radius 3 is 2.50 bits per heavy atom. The summed E-state index contributed by atoms with van der Waals surface area (Å²) in [6, 6.07) is 6.95. The zero-order valence-electron chi connectivity index (χ0n) is 10.4. The summed E-state index contributed by atoms with van der Waals surface area (Å²) in [7, 11) is 0. The molecule has 5 heteroatoms. The van der Waals surface area contributed by atoms with Crippen LogP contribution in [0.4, 0.5) is 4.79 Å². The maximum Gasteiger partial charge on any atom is 0.322 e. The Balaban J connectivity index is 2.23. The topological polar surface area (TPSA) is 67.4 Å². The molecule has 5 nitrogen and oxygen atoms in total. The van der Waals surface area contributed by atoms with E-state index in [4.69, 9.17) is 4.74 Å². The van der Waals surface area contributed by atoms with Crippen LogP contribution in [0.5, 0.6) is 5.75 Å². The van der Waals surface area contributed by atoms with Crippen molar-refractivity contribution in [2.45, 2.75) is 25.8 Å². The van der Waals surface area contributed by atoms with Crippen LogP contribution in [0.15, 0.2) is 24.3 Å². The van der Waals surface area contributed by atoms with E-state index in [-0.39, 0.29) is 12.3 Å². The molecule has 0 unspecified atom stereocenters. The van der Waals surface area contributed by atoms with Crippen LogP contribution in [0, 0.1) is 0 Å². The summed E-state index contributed by atoms with van der Waals surface area (Å²) in [4.78, 5) is 22.8. The number of imide groups is 1. The summed E-state index contributed by atoms with van der Waals surface area (Å²) >= 11 is 0. The molecule has 1 heterocycles. The number of urea groups is 1. The molecular formula is C13H16N2O3. The van der Waals surface area contributed by atoms with E-state index < -0.39 is 11.6 Å². The van der Waals surface area contributed by atoms with Gasteiger partial charge in [-0.25, -0.2) is 4.79 Å². The smallest absolute Gasteiger partial charge is 0.322 e. The molecule has 0 saturated carbocycles. The summed E-state index contributed by atoms with van der Waals surface area (Å²) in [6.45, 7) is 4.36. The minimum absolute atomic E-state index is 0.229. The lowest BCUT2D eigenvalue weighted by Crippen LogP contribution is -2.57. The van der Waals surface area contributed by atoms with Crippen molar-refractivity contribution >= 4 is 11.9 Å². The molecule has 18 heavy (non-hydrogen) atoms. The first-order valence-electron chi connectivity index (χ1n) is 5.89. The van der Waals surface area contributed by atoms with Crippen LogP contribution in [-0.4, -0.2) is 18.5 Å². The van der Waals surface area contributed by atoms with E-state index in [0.717, 1.165) is 11.3 Å². The van der Waals surface area contributed by atoms with E-state index in [2.05, 4.69) is 10.6 Å². The quantitative estimate of drug-likeness (QED) is 0.852. The largest absolute Gasteiger partial charge is 0.494 e. The maximum atomic E-state index is 11.4. The first-order chi connectivity index (χ1) is 8.53. The summed E-state index contributed by atoms with van der Waals surface area (Å²) in [5.74, 6) is 0.506. The molecule has 1 aromatic rings. The highest BCUT2D eigenvalue weighted by Crippen LogP contribution is 2.28. The second-order valence-electron chi connectivity index (χ2n) is 4.47. The van der Waals surface area contributed by atoms with Crippen LogP contribution in [0.2, 0.25) is 0 Å². The normalized spacial score (nSPS) is 23.2. The molecule has 1 aliphatic rings. The number of ether oxygens (including phenoxy) is 1. The summed E-state index contributed by atoms with van der Waals surface area (Å²) in [6.07, 6.45) is 0.229. The highest BCUT2D eigenvalue weighted by molar-refractivity contribution is 5.98. The van der Waals surface area contributed by atoms with Gasteiger partial charge in [-0.3, -0.25) is 10.1 Å². The number of rotatable bonds is 3. The van der Waals surface area contributed by atoms with Crippen molar-refractivity contribution in [1.82, 2.24) is 10.6 Å². The van der Waals surface area contributed by atoms with Gasteiger partial charge in [-0.1, -0.05) is 12.1 Å². The number of amides is 3. The molecule has 0 aromatic heterocycles. The Labute approximate surface area is 106 Å². The highest BCUT2D eigenvalue weighted by atomic mass is 16.5. The van der Waals surface area contributed by atoms with Crippen LogP contribution in [0.25, 0.3) is 0 Å². The fraction of sp³-hybridized carbons (Fsp3) is 0.385. The minimum Gasteiger partial charge on any atom is -0.494 e. The molecule has 1 fully saturated rings. The number of benzene rings is 1. The lowest BCUT2D eigenvalue weighted by atomic mass is 9.87. The van der Waals surface area contributed by atoms with Gasteiger partial charge in [0.2, 0.25) is 5.91 Å². The van der Waals surface area contributed by atoms with Crippen molar-refractivity contribution in [1.29, 1.82) is 0 Å². The van der Waals surface area contributed by atoms with Gasteiger partial charge in [-0.2, -0.15) is 0 Å². The second kappa shape index (κ2) is 4.68.